The summed E-state index contributed by atoms with van der Waals surface area (Å²) in [7, 11) is 0. The normalized spacial score (nSPS) is 11.2. The number of benzene rings is 3. The van der Waals surface area contributed by atoms with Gasteiger partial charge in [0.1, 0.15) is 0 Å². The zero-order chi connectivity index (χ0) is 17.0. The Morgan fingerprint density at radius 3 is 1.32 bits per heavy atom. The maximum atomic E-state index is 6.94. The van der Waals surface area contributed by atoms with Gasteiger partial charge in [-0.1, -0.05) is 0 Å². The topological polar surface area (TPSA) is 9.23 Å². The molecule has 4 rings (SSSR count). The predicted molar refractivity (Wildman–Crippen MR) is 109 cm³/mol. The van der Waals surface area contributed by atoms with E-state index in [0.717, 1.165) is 5.06 Å². The second-order valence-electron chi connectivity index (χ2n) is 5.81. The molecule has 0 unspecified atom stereocenters. The third kappa shape index (κ3) is 3.28. The Morgan fingerprint density at radius 1 is 0.520 bits per heavy atom. The molecule has 122 valence electrons. The summed E-state index contributed by atoms with van der Waals surface area (Å²) in [6.45, 7) is 0. The van der Waals surface area contributed by atoms with Crippen molar-refractivity contribution in [3.8, 4) is 5.06 Å². The van der Waals surface area contributed by atoms with Crippen LogP contribution in [0.5, 0.6) is 5.06 Å². The molecule has 0 bridgehead atoms. The average Bonchev–Trinajstić information content (AvgIpc) is 3.21. The third-order valence-electron chi connectivity index (χ3n) is 4.29. The molecule has 0 spiro atoms. The Labute approximate surface area is 157 Å². The van der Waals surface area contributed by atoms with E-state index in [9.17, 15) is 0 Å². The molecule has 0 amide bonds. The molecule has 0 saturated carbocycles. The van der Waals surface area contributed by atoms with E-state index in [1.54, 1.807) is 11.3 Å². The van der Waals surface area contributed by atoms with Gasteiger partial charge in [0, 0.05) is 0 Å². The Morgan fingerprint density at radius 2 is 0.960 bits per heavy atom. The molecule has 0 radical (unpaired) electrons. The van der Waals surface area contributed by atoms with Crippen molar-refractivity contribution in [2.75, 3.05) is 0 Å². The predicted octanol–water partition coefficient (Wildman–Crippen LogP) is 3.79. The fraction of sp³-hybridized carbons (Fsp3) is 0. The van der Waals surface area contributed by atoms with Gasteiger partial charge in [-0.2, -0.15) is 0 Å². The summed E-state index contributed by atoms with van der Waals surface area (Å²) in [5.41, 5.74) is 0. The van der Waals surface area contributed by atoms with Gasteiger partial charge in [0.15, 0.2) is 0 Å². The van der Waals surface area contributed by atoms with E-state index in [1.807, 2.05) is 0 Å². The van der Waals surface area contributed by atoms with Gasteiger partial charge < -0.3 is 0 Å². The Bertz CT molecular complexity index is 810. The van der Waals surface area contributed by atoms with E-state index in [0.29, 0.717) is 0 Å². The van der Waals surface area contributed by atoms with Crippen LogP contribution in [-0.2, 0) is 0 Å². The van der Waals surface area contributed by atoms with Crippen LogP contribution in [0.2, 0.25) is 0 Å². The van der Waals surface area contributed by atoms with Gasteiger partial charge in [-0.3, -0.25) is 0 Å². The van der Waals surface area contributed by atoms with Crippen molar-refractivity contribution < 1.29 is 2.69 Å². The van der Waals surface area contributed by atoms with E-state index in [2.05, 4.69) is 109 Å². The molecule has 3 aromatic carbocycles. The minimum atomic E-state index is -3.78. The van der Waals surface area contributed by atoms with Crippen LogP contribution in [0.3, 0.4) is 0 Å². The monoisotopic (exact) mass is 538 g/mol. The van der Waals surface area contributed by atoms with Crippen molar-refractivity contribution in [1.29, 1.82) is 0 Å². The van der Waals surface area contributed by atoms with Crippen LogP contribution >= 0.6 is 11.3 Å². The van der Waals surface area contributed by atoms with Gasteiger partial charge in [0.2, 0.25) is 0 Å². The molecule has 1 nitrogen and oxygen atoms in total. The average molecular weight is 538 g/mol. The van der Waals surface area contributed by atoms with E-state index in [1.165, 1.54) is 9.37 Å². The van der Waals surface area contributed by atoms with Crippen molar-refractivity contribution in [3.05, 3.63) is 109 Å². The fourth-order valence-electron chi connectivity index (χ4n) is 3.17. The van der Waals surface area contributed by atoms with Crippen molar-refractivity contribution in [2.24, 2.45) is 0 Å². The molecule has 3 heteroatoms. The summed E-state index contributed by atoms with van der Waals surface area (Å²) in [5.74, 6) is 0. The molecule has 0 aliphatic carbocycles. The standard InChI is InChI=1S/3C6H5.C4H4OS.Pb/c3*1-2-4-6-5-3-1;5-4-2-1-3-6-4;/h3*1-5H;1-3,5H;/q;;;;+1/p-1. The Balaban J connectivity index is 2.01. The molecular formula is C22H18OPbS. The molecule has 1 heterocycles. The van der Waals surface area contributed by atoms with Crippen LogP contribution in [0.15, 0.2) is 109 Å². The molecule has 1 aromatic heterocycles. The van der Waals surface area contributed by atoms with Gasteiger partial charge in [0.05, 0.1) is 0 Å². The van der Waals surface area contributed by atoms with E-state index < -0.39 is 21.6 Å². The van der Waals surface area contributed by atoms with Crippen LogP contribution in [0.25, 0.3) is 0 Å². The SMILES string of the molecule is c1cc[c]([Pb]([O]c2cccs2)([c]2ccccc2)[c]2ccccc2)cc1. The van der Waals surface area contributed by atoms with Crippen molar-refractivity contribution in [1.82, 2.24) is 0 Å². The summed E-state index contributed by atoms with van der Waals surface area (Å²) in [4.78, 5) is 0. The number of hydrogen-bond donors (Lipinski definition) is 0. The Kier molecular flexibility index (Phi) is 4.99. The summed E-state index contributed by atoms with van der Waals surface area (Å²) in [6, 6.07) is 36.5. The molecule has 0 atom stereocenters. The number of thiophene rings is 1. The molecule has 0 aliphatic heterocycles. The van der Waals surface area contributed by atoms with Crippen molar-refractivity contribution >= 4 is 42.3 Å². The molecule has 0 fully saturated rings. The molecule has 4 aromatic rings. The molecule has 0 saturated heterocycles. The first-order chi connectivity index (χ1) is 12.4. The second-order valence-corrected chi connectivity index (χ2v) is 19.5. The minimum absolute atomic E-state index is 0.998. The van der Waals surface area contributed by atoms with E-state index in [-0.39, 0.29) is 0 Å². The van der Waals surface area contributed by atoms with Gasteiger partial charge in [-0.05, 0) is 0 Å². The van der Waals surface area contributed by atoms with Crippen LogP contribution in [0, 0.1) is 0 Å². The molecule has 0 aliphatic rings. The molecule has 25 heavy (non-hydrogen) atoms. The summed E-state index contributed by atoms with van der Waals surface area (Å²) in [6.07, 6.45) is 0. The molecule has 0 N–H and O–H groups in total. The first-order valence-electron chi connectivity index (χ1n) is 8.29. The number of hydrogen-bond acceptors (Lipinski definition) is 2. The second kappa shape index (κ2) is 7.54. The summed E-state index contributed by atoms with van der Waals surface area (Å²) < 4.78 is 10.9. The first kappa shape index (κ1) is 16.5. The zero-order valence-corrected chi connectivity index (χ0v) is 18.4. The first-order valence-corrected chi connectivity index (χ1v) is 16.6. The Hall–Kier alpha value is -1.92. The van der Waals surface area contributed by atoms with E-state index in [4.69, 9.17) is 2.69 Å². The quantitative estimate of drug-likeness (QED) is 0.352. The van der Waals surface area contributed by atoms with Crippen molar-refractivity contribution in [2.45, 2.75) is 0 Å². The van der Waals surface area contributed by atoms with Crippen LogP contribution in [0.4, 0.5) is 0 Å². The van der Waals surface area contributed by atoms with Crippen LogP contribution in [0.1, 0.15) is 0 Å². The van der Waals surface area contributed by atoms with Gasteiger partial charge in [-0.25, -0.2) is 0 Å². The van der Waals surface area contributed by atoms with Gasteiger partial charge in [0.25, 0.3) is 0 Å². The van der Waals surface area contributed by atoms with Gasteiger partial charge in [-0.15, -0.1) is 0 Å². The molecular weight excluding hydrogens is 520 g/mol. The van der Waals surface area contributed by atoms with Crippen molar-refractivity contribution in [3.63, 3.8) is 0 Å². The number of rotatable bonds is 5. The summed E-state index contributed by atoms with van der Waals surface area (Å²) in [5, 5.41) is 3.08. The maximum absolute atomic E-state index is 6.94. The third-order valence-corrected chi connectivity index (χ3v) is 21.0. The fourth-order valence-corrected chi connectivity index (χ4v) is 19.7. The van der Waals surface area contributed by atoms with Gasteiger partial charge >= 0.3 is 159 Å². The summed E-state index contributed by atoms with van der Waals surface area (Å²) >= 11 is -2.11. The zero-order valence-electron chi connectivity index (χ0n) is 13.7. The van der Waals surface area contributed by atoms with Crippen LogP contribution in [-0.4, -0.2) is 21.6 Å². The van der Waals surface area contributed by atoms with Crippen LogP contribution < -0.4 is 12.1 Å². The van der Waals surface area contributed by atoms with E-state index >= 15 is 0 Å².